The third-order valence-electron chi connectivity index (χ3n) is 10.4. The number of thiazole rings is 1. The van der Waals surface area contributed by atoms with E-state index < -0.39 is 23.9 Å². The molecule has 1 aromatic heterocycles. The highest BCUT2D eigenvalue weighted by molar-refractivity contribution is 7.20. The van der Waals surface area contributed by atoms with Gasteiger partial charge in [-0.05, 0) is 47.8 Å². The van der Waals surface area contributed by atoms with Crippen LogP contribution in [0.2, 0.25) is 0 Å². The SMILES string of the molecule is CC1(C)C2CN(C(=O)[C@@H]3CC(=O)N(Cc4ccccc4)C3)C(C(=O)N[C@@H](C[C@@H]3CCNC3=O)C(=O)c3nc4ccccc4s3)C21. The number of amides is 4. The predicted octanol–water partition coefficient (Wildman–Crippen LogP) is 3.02. The molecule has 45 heavy (non-hydrogen) atoms. The number of nitrogens with zero attached hydrogens (tertiary/aromatic N) is 3. The van der Waals surface area contributed by atoms with Gasteiger partial charge >= 0.3 is 0 Å². The molecule has 0 bridgehead atoms. The lowest BCUT2D eigenvalue weighted by molar-refractivity contribution is -0.143. The van der Waals surface area contributed by atoms with E-state index in [4.69, 9.17) is 0 Å². The molecule has 2 aromatic carbocycles. The van der Waals surface area contributed by atoms with Gasteiger partial charge in [0.2, 0.25) is 29.4 Å². The monoisotopic (exact) mass is 627 g/mol. The first-order chi connectivity index (χ1) is 21.6. The summed E-state index contributed by atoms with van der Waals surface area (Å²) in [5, 5.41) is 6.10. The molecule has 0 spiro atoms. The Morgan fingerprint density at radius 2 is 1.82 bits per heavy atom. The van der Waals surface area contributed by atoms with Crippen LogP contribution in [0.25, 0.3) is 10.2 Å². The molecule has 6 atom stereocenters. The van der Waals surface area contributed by atoms with Gasteiger partial charge in [0, 0.05) is 38.5 Å². The molecule has 11 heteroatoms. The zero-order valence-electron chi connectivity index (χ0n) is 25.4. The van der Waals surface area contributed by atoms with Crippen molar-refractivity contribution in [2.45, 2.75) is 51.7 Å². The lowest BCUT2D eigenvalue weighted by Crippen LogP contribution is -2.55. The standard InChI is InChI=1S/C34H37N5O5S/c1-34(2)22-18-39(33(44)21-15-26(40)38(17-21)16-19-8-4-3-5-9-19)28(27(22)34)31(43)36-24(14-20-12-13-35-30(20)42)29(41)32-37-23-10-6-7-11-25(23)45-32/h3-11,20-22,24,27-28H,12-18H2,1-2H3,(H,35,42)(H,36,43)/t20-,21+,22?,24-,27?,28?/m0/s1. The van der Waals surface area contributed by atoms with Gasteiger partial charge in [-0.3, -0.25) is 24.0 Å². The van der Waals surface area contributed by atoms with Crippen LogP contribution in [0.4, 0.5) is 0 Å². The van der Waals surface area contributed by atoms with Crippen molar-refractivity contribution in [3.05, 3.63) is 65.2 Å². The number of fused-ring (bicyclic) bond motifs is 2. The van der Waals surface area contributed by atoms with Crippen molar-refractivity contribution in [3.8, 4) is 0 Å². The second-order valence-electron chi connectivity index (χ2n) is 13.5. The van der Waals surface area contributed by atoms with Gasteiger partial charge in [-0.2, -0.15) is 0 Å². The van der Waals surface area contributed by atoms with E-state index in [-0.39, 0.29) is 64.5 Å². The lowest BCUT2D eigenvalue weighted by atomic mass is 9.94. The summed E-state index contributed by atoms with van der Waals surface area (Å²) in [6.07, 6.45) is 0.861. The highest BCUT2D eigenvalue weighted by atomic mass is 32.1. The Hall–Kier alpha value is -4.12. The van der Waals surface area contributed by atoms with Crippen LogP contribution in [-0.2, 0) is 25.7 Å². The molecular weight excluding hydrogens is 590 g/mol. The molecule has 4 fully saturated rings. The summed E-state index contributed by atoms with van der Waals surface area (Å²) in [6.45, 7) is 5.94. The molecule has 4 amide bonds. The van der Waals surface area contributed by atoms with Crippen LogP contribution in [-0.4, -0.2) is 75.9 Å². The topological polar surface area (TPSA) is 129 Å². The van der Waals surface area contributed by atoms with Crippen molar-refractivity contribution < 1.29 is 24.0 Å². The van der Waals surface area contributed by atoms with Crippen molar-refractivity contribution in [1.29, 1.82) is 0 Å². The number of hydrogen-bond acceptors (Lipinski definition) is 7. The van der Waals surface area contributed by atoms with Gasteiger partial charge in [-0.15, -0.1) is 11.3 Å². The van der Waals surface area contributed by atoms with Crippen molar-refractivity contribution in [2.75, 3.05) is 19.6 Å². The first kappa shape index (κ1) is 29.6. The number of carbonyl (C=O) groups excluding carboxylic acids is 5. The summed E-state index contributed by atoms with van der Waals surface area (Å²) in [5.74, 6) is -1.92. The van der Waals surface area contributed by atoms with Crippen molar-refractivity contribution in [1.82, 2.24) is 25.4 Å². The number of benzene rings is 2. The molecule has 0 radical (unpaired) electrons. The van der Waals surface area contributed by atoms with E-state index in [1.165, 1.54) is 11.3 Å². The van der Waals surface area contributed by atoms with Gasteiger partial charge in [-0.1, -0.05) is 56.3 Å². The van der Waals surface area contributed by atoms with Crippen molar-refractivity contribution in [2.24, 2.45) is 29.1 Å². The minimum absolute atomic E-state index is 0.0491. The Labute approximate surface area is 265 Å². The van der Waals surface area contributed by atoms with E-state index in [0.717, 1.165) is 10.3 Å². The average molecular weight is 628 g/mol. The zero-order valence-corrected chi connectivity index (χ0v) is 26.2. The second-order valence-corrected chi connectivity index (χ2v) is 14.5. The van der Waals surface area contributed by atoms with E-state index in [0.29, 0.717) is 38.1 Å². The van der Waals surface area contributed by atoms with E-state index in [1.807, 2.05) is 54.6 Å². The summed E-state index contributed by atoms with van der Waals surface area (Å²) in [6, 6.07) is 15.5. The van der Waals surface area contributed by atoms with Gasteiger partial charge in [-0.25, -0.2) is 4.98 Å². The number of piperidine rings is 1. The highest BCUT2D eigenvalue weighted by Gasteiger charge is 2.69. The fourth-order valence-electron chi connectivity index (χ4n) is 7.71. The zero-order chi connectivity index (χ0) is 31.5. The Kier molecular flexibility index (Phi) is 7.46. The van der Waals surface area contributed by atoms with Gasteiger partial charge in [0.05, 0.1) is 22.2 Å². The molecular formula is C34H37N5O5S. The molecule has 10 nitrogen and oxygen atoms in total. The highest BCUT2D eigenvalue weighted by Crippen LogP contribution is 2.65. The maximum atomic E-state index is 14.2. The van der Waals surface area contributed by atoms with Crippen molar-refractivity contribution >= 4 is 51.0 Å². The molecule has 3 unspecified atom stereocenters. The molecule has 3 aliphatic heterocycles. The lowest BCUT2D eigenvalue weighted by Gasteiger charge is -2.33. The van der Waals surface area contributed by atoms with Gasteiger partial charge in [0.1, 0.15) is 6.04 Å². The summed E-state index contributed by atoms with van der Waals surface area (Å²) < 4.78 is 0.868. The molecule has 3 aromatic rings. The fourth-order valence-corrected chi connectivity index (χ4v) is 8.67. The fraction of sp³-hybridized carbons (Fsp3) is 0.471. The third-order valence-corrected chi connectivity index (χ3v) is 11.4. The average Bonchev–Trinajstić information content (AvgIpc) is 3.65. The van der Waals surface area contributed by atoms with Crippen LogP contribution in [0.3, 0.4) is 0 Å². The summed E-state index contributed by atoms with van der Waals surface area (Å²) in [4.78, 5) is 75.4. The molecule has 7 rings (SSSR count). The maximum Gasteiger partial charge on any atom is 0.243 e. The Bertz CT molecular complexity index is 1660. The molecule has 3 saturated heterocycles. The molecule has 1 saturated carbocycles. The maximum absolute atomic E-state index is 14.2. The van der Waals surface area contributed by atoms with Gasteiger partial charge in [0.25, 0.3) is 0 Å². The van der Waals surface area contributed by atoms with Crippen LogP contribution >= 0.6 is 11.3 Å². The normalized spacial score (nSPS) is 27.4. The number of hydrogen-bond donors (Lipinski definition) is 2. The van der Waals surface area contributed by atoms with Crippen molar-refractivity contribution in [3.63, 3.8) is 0 Å². The number of carbonyl (C=O) groups is 5. The van der Waals surface area contributed by atoms with Crippen LogP contribution < -0.4 is 10.6 Å². The number of rotatable bonds is 9. The minimum Gasteiger partial charge on any atom is -0.356 e. The first-order valence-corrected chi connectivity index (χ1v) is 16.5. The summed E-state index contributed by atoms with van der Waals surface area (Å²) >= 11 is 1.27. The number of ketones is 1. The first-order valence-electron chi connectivity index (χ1n) is 15.7. The van der Waals surface area contributed by atoms with E-state index >= 15 is 0 Å². The predicted molar refractivity (Wildman–Crippen MR) is 168 cm³/mol. The van der Waals surface area contributed by atoms with Crippen LogP contribution in [0.15, 0.2) is 54.6 Å². The summed E-state index contributed by atoms with van der Waals surface area (Å²) in [7, 11) is 0. The van der Waals surface area contributed by atoms with E-state index in [9.17, 15) is 24.0 Å². The number of para-hydroxylation sites is 1. The number of nitrogens with one attached hydrogen (secondary N) is 2. The van der Waals surface area contributed by atoms with Gasteiger partial charge < -0.3 is 20.4 Å². The van der Waals surface area contributed by atoms with Gasteiger partial charge in [0.15, 0.2) is 5.01 Å². The second kappa shape index (κ2) is 11.3. The Morgan fingerprint density at radius 1 is 1.07 bits per heavy atom. The van der Waals surface area contributed by atoms with Crippen LogP contribution in [0.5, 0.6) is 0 Å². The van der Waals surface area contributed by atoms with E-state index in [1.54, 1.807) is 9.80 Å². The third kappa shape index (κ3) is 5.41. The summed E-state index contributed by atoms with van der Waals surface area (Å²) in [5.41, 5.74) is 1.58. The molecule has 4 aliphatic rings. The Balaban J connectivity index is 1.11. The van der Waals surface area contributed by atoms with E-state index in [2.05, 4.69) is 29.5 Å². The Morgan fingerprint density at radius 3 is 2.56 bits per heavy atom. The molecule has 4 heterocycles. The molecule has 1 aliphatic carbocycles. The molecule has 234 valence electrons. The quantitative estimate of drug-likeness (QED) is 0.351. The largest absolute Gasteiger partial charge is 0.356 e. The molecule has 2 N–H and O–H groups in total. The number of Topliss-reactive ketones (excluding diaryl/α,β-unsaturated/α-hetero) is 1. The number of likely N-dealkylation sites (tertiary alicyclic amines) is 2. The smallest absolute Gasteiger partial charge is 0.243 e. The van der Waals surface area contributed by atoms with Crippen LogP contribution in [0.1, 0.15) is 48.5 Å². The van der Waals surface area contributed by atoms with Crippen LogP contribution in [0, 0.1) is 29.1 Å². The minimum atomic E-state index is -0.959. The number of aromatic nitrogens is 1.